The van der Waals surface area contributed by atoms with Crippen molar-refractivity contribution in [3.8, 4) is 0 Å². The number of nitrogens with one attached hydrogen (secondary N) is 4. The summed E-state index contributed by atoms with van der Waals surface area (Å²) >= 11 is 12.0. The first-order valence-electron chi connectivity index (χ1n) is 9.05. The molecule has 8 heteroatoms. The third-order valence-electron chi connectivity index (χ3n) is 4.49. The average Bonchev–Trinajstić information content (AvgIpc) is 2.59. The maximum atomic E-state index is 11.7. The quantitative estimate of drug-likeness (QED) is 0.457. The maximum Gasteiger partial charge on any atom is 0.309 e. The Balaban J connectivity index is 1.66. The number of carbonyl (C=O) groups excluding carboxylic acids is 2. The van der Waals surface area contributed by atoms with Crippen molar-refractivity contribution in [2.75, 3.05) is 39.3 Å². The van der Waals surface area contributed by atoms with Gasteiger partial charge in [-0.3, -0.25) is 9.59 Å². The average molecular weight is 403 g/mol. The fraction of sp³-hybridized carbons (Fsp3) is 0.556. The molecule has 0 spiro atoms. The summed E-state index contributed by atoms with van der Waals surface area (Å²) in [5.74, 6) is -1.12. The fourth-order valence-electron chi connectivity index (χ4n) is 3.08. The third kappa shape index (κ3) is 6.76. The molecule has 1 fully saturated rings. The first kappa shape index (κ1) is 21.0. The summed E-state index contributed by atoms with van der Waals surface area (Å²) in [5, 5.41) is 6.47. The van der Waals surface area contributed by atoms with E-state index in [2.05, 4.69) is 10.6 Å². The van der Waals surface area contributed by atoms with Gasteiger partial charge in [-0.05, 0) is 26.0 Å². The minimum absolute atomic E-state index is 0.0366. The predicted molar refractivity (Wildman–Crippen MR) is 103 cm³/mol. The number of carbonyl (C=O) groups is 2. The molecule has 0 unspecified atom stereocenters. The third-order valence-corrected chi connectivity index (χ3v) is 5.23. The van der Waals surface area contributed by atoms with E-state index in [0.29, 0.717) is 16.6 Å². The maximum absolute atomic E-state index is 11.7. The van der Waals surface area contributed by atoms with E-state index in [1.165, 1.54) is 15.4 Å². The summed E-state index contributed by atoms with van der Waals surface area (Å²) in [4.78, 5) is 26.2. The topological polar surface area (TPSA) is 67.1 Å². The number of benzene rings is 1. The molecule has 0 bridgehead atoms. The van der Waals surface area contributed by atoms with Crippen LogP contribution in [-0.4, -0.2) is 57.1 Å². The molecule has 6 nitrogen and oxygen atoms in total. The van der Waals surface area contributed by atoms with Gasteiger partial charge in [-0.25, -0.2) is 0 Å². The second kappa shape index (κ2) is 10.1. The van der Waals surface area contributed by atoms with Crippen LogP contribution >= 0.6 is 23.2 Å². The van der Waals surface area contributed by atoms with Gasteiger partial charge in [0, 0.05) is 11.6 Å². The van der Waals surface area contributed by atoms with Crippen molar-refractivity contribution in [1.82, 2.24) is 10.6 Å². The van der Waals surface area contributed by atoms with Crippen LogP contribution in [0.4, 0.5) is 0 Å². The van der Waals surface area contributed by atoms with Crippen molar-refractivity contribution in [2.24, 2.45) is 0 Å². The van der Waals surface area contributed by atoms with Gasteiger partial charge < -0.3 is 20.4 Å². The van der Waals surface area contributed by atoms with Gasteiger partial charge in [0.15, 0.2) is 0 Å². The van der Waals surface area contributed by atoms with Crippen molar-refractivity contribution in [2.45, 2.75) is 26.4 Å². The highest BCUT2D eigenvalue weighted by Gasteiger charge is 2.23. The molecule has 0 aromatic heterocycles. The van der Waals surface area contributed by atoms with E-state index < -0.39 is 11.8 Å². The lowest BCUT2D eigenvalue weighted by atomic mass is 10.2. The van der Waals surface area contributed by atoms with Gasteiger partial charge in [0.2, 0.25) is 0 Å². The van der Waals surface area contributed by atoms with E-state index in [1.807, 2.05) is 32.0 Å². The highest BCUT2D eigenvalue weighted by atomic mass is 35.5. The van der Waals surface area contributed by atoms with E-state index in [1.54, 1.807) is 0 Å². The van der Waals surface area contributed by atoms with Crippen LogP contribution in [0.3, 0.4) is 0 Å². The molecule has 1 aliphatic heterocycles. The van der Waals surface area contributed by atoms with Crippen LogP contribution in [0.15, 0.2) is 18.2 Å². The lowest BCUT2D eigenvalue weighted by Crippen LogP contribution is -3.27. The Morgan fingerprint density at radius 1 is 1.04 bits per heavy atom. The van der Waals surface area contributed by atoms with E-state index >= 15 is 0 Å². The number of hydrogen-bond acceptors (Lipinski definition) is 2. The fourth-order valence-corrected chi connectivity index (χ4v) is 3.40. The van der Waals surface area contributed by atoms with Crippen molar-refractivity contribution in [3.05, 3.63) is 33.8 Å². The van der Waals surface area contributed by atoms with E-state index in [9.17, 15) is 9.59 Å². The zero-order valence-electron chi connectivity index (χ0n) is 15.3. The minimum Gasteiger partial charge on any atom is -0.346 e. The van der Waals surface area contributed by atoms with Crippen molar-refractivity contribution in [1.29, 1.82) is 0 Å². The summed E-state index contributed by atoms with van der Waals surface area (Å²) in [6, 6.07) is 5.77. The Labute approximate surface area is 164 Å². The van der Waals surface area contributed by atoms with Crippen LogP contribution in [0.5, 0.6) is 0 Å². The zero-order valence-corrected chi connectivity index (χ0v) is 16.8. The molecule has 1 saturated heterocycles. The second-order valence-corrected chi connectivity index (χ2v) is 7.87. The molecule has 2 amide bonds. The molecule has 26 heavy (non-hydrogen) atoms. The Morgan fingerprint density at radius 2 is 1.69 bits per heavy atom. The summed E-state index contributed by atoms with van der Waals surface area (Å²) < 4.78 is 0. The molecule has 0 atom stereocenters. The van der Waals surface area contributed by atoms with Gasteiger partial charge >= 0.3 is 11.8 Å². The Hall–Kier alpha value is -1.34. The minimum atomic E-state index is -0.564. The summed E-state index contributed by atoms with van der Waals surface area (Å²) in [7, 11) is 0. The van der Waals surface area contributed by atoms with E-state index in [-0.39, 0.29) is 6.04 Å². The molecule has 1 aromatic rings. The smallest absolute Gasteiger partial charge is 0.309 e. The molecule has 4 N–H and O–H groups in total. The number of hydrogen-bond donors (Lipinski definition) is 4. The van der Waals surface area contributed by atoms with Crippen LogP contribution in [-0.2, 0) is 16.1 Å². The van der Waals surface area contributed by atoms with Gasteiger partial charge in [0.05, 0.1) is 23.1 Å². The van der Waals surface area contributed by atoms with Gasteiger partial charge in [-0.2, -0.15) is 0 Å². The monoisotopic (exact) mass is 402 g/mol. The predicted octanol–water partition coefficient (Wildman–Crippen LogP) is -1.08. The molecule has 1 aliphatic rings. The Kier molecular flexibility index (Phi) is 8.15. The molecule has 0 saturated carbocycles. The van der Waals surface area contributed by atoms with E-state index in [4.69, 9.17) is 23.2 Å². The van der Waals surface area contributed by atoms with E-state index in [0.717, 1.165) is 39.3 Å². The molecule has 1 heterocycles. The second-order valence-electron chi connectivity index (χ2n) is 7.06. The standard InChI is InChI=1S/C18H26Cl2N4O2/c1-13(2)22-18(26)17(25)21-5-6-23-7-9-24(10-8-23)12-14-3-4-15(19)16(20)11-14/h3-4,11,13H,5-10,12H2,1-2H3,(H,21,25)(H,22,26)/p+2. The molecule has 2 rings (SSSR count). The first-order chi connectivity index (χ1) is 12.3. The molecular weight excluding hydrogens is 375 g/mol. The molecule has 0 aliphatic carbocycles. The highest BCUT2D eigenvalue weighted by molar-refractivity contribution is 6.42. The van der Waals surface area contributed by atoms with Crippen LogP contribution in [0.25, 0.3) is 0 Å². The summed E-state index contributed by atoms with van der Waals surface area (Å²) in [5.41, 5.74) is 1.20. The summed E-state index contributed by atoms with van der Waals surface area (Å²) in [6.45, 7) is 10.2. The Morgan fingerprint density at radius 3 is 2.31 bits per heavy atom. The number of halogens is 2. The van der Waals surface area contributed by atoms with Crippen LogP contribution in [0, 0.1) is 0 Å². The van der Waals surface area contributed by atoms with Gasteiger partial charge in [0.1, 0.15) is 32.7 Å². The molecule has 1 aromatic carbocycles. The Bertz CT molecular complexity index is 632. The lowest BCUT2D eigenvalue weighted by molar-refractivity contribution is -1.02. The first-order valence-corrected chi connectivity index (χ1v) is 9.80. The number of rotatable bonds is 6. The SMILES string of the molecule is CC(C)NC(=O)C(=O)NCC[NH+]1CC[NH+](Cc2ccc(Cl)c(Cl)c2)CC1. The van der Waals surface area contributed by atoms with Crippen LogP contribution in [0.2, 0.25) is 10.0 Å². The van der Waals surface area contributed by atoms with Crippen molar-refractivity contribution < 1.29 is 19.4 Å². The van der Waals surface area contributed by atoms with Crippen molar-refractivity contribution in [3.63, 3.8) is 0 Å². The van der Waals surface area contributed by atoms with Gasteiger partial charge in [-0.1, -0.05) is 29.3 Å². The number of piperazine rings is 1. The molecule has 0 radical (unpaired) electrons. The van der Waals surface area contributed by atoms with Crippen LogP contribution in [0.1, 0.15) is 19.4 Å². The summed E-state index contributed by atoms with van der Waals surface area (Å²) in [6.07, 6.45) is 0. The van der Waals surface area contributed by atoms with Gasteiger partial charge in [0.25, 0.3) is 0 Å². The zero-order chi connectivity index (χ0) is 19.1. The number of quaternary nitrogens is 2. The molecular formula is C18H28Cl2N4O2+2. The normalized spacial score (nSPS) is 20.0. The van der Waals surface area contributed by atoms with Crippen LogP contribution < -0.4 is 20.4 Å². The largest absolute Gasteiger partial charge is 0.346 e. The number of amides is 2. The molecule has 144 valence electrons. The lowest BCUT2D eigenvalue weighted by Gasteiger charge is -2.29. The van der Waals surface area contributed by atoms with Gasteiger partial charge in [-0.15, -0.1) is 0 Å². The highest BCUT2D eigenvalue weighted by Crippen LogP contribution is 2.22. The van der Waals surface area contributed by atoms with Crippen molar-refractivity contribution >= 4 is 35.0 Å².